The molecule has 11 N–H and O–H groups in total. The predicted octanol–water partition coefficient (Wildman–Crippen LogP) is -5.79. The van der Waals surface area contributed by atoms with Gasteiger partial charge in [-0.15, -0.1) is 0 Å². The number of hydrogen-bond acceptors (Lipinski definition) is 21. The SMILES string of the molecule is COC(=O)CCCCCO[C@@H]1O[C@@H](C)[C@H](O)[C@@H](O[C@H]2O[C@H](CO)[C@@H](O)[C@H](O[C@H]3O[C@H](CO)[C@@H](O)[C@H](O)[C@H]3O[C@@H]3O[C@@H](C)[C@H](O)[C@@H](O)[C@H]3O)[C@H]2NC(C)=O)[C@H]1O. The zero-order valence-electron chi connectivity index (χ0n) is 31.0. The minimum absolute atomic E-state index is 0.100. The van der Waals surface area contributed by atoms with Crippen molar-refractivity contribution in [3.05, 3.63) is 0 Å². The van der Waals surface area contributed by atoms with Gasteiger partial charge in [-0.05, 0) is 26.7 Å². The number of methoxy groups -OCH3 is 1. The topological polar surface area (TPSA) is 332 Å². The number of aliphatic hydroxyl groups excluding tert-OH is 10. The third kappa shape index (κ3) is 11.0. The summed E-state index contributed by atoms with van der Waals surface area (Å²) in [6, 6.07) is -1.53. The van der Waals surface area contributed by atoms with Gasteiger partial charge in [-0.1, -0.05) is 6.42 Å². The number of nitrogens with one attached hydrogen (secondary N) is 1. The third-order valence-corrected chi connectivity index (χ3v) is 10.0. The van der Waals surface area contributed by atoms with E-state index in [1.54, 1.807) is 0 Å². The molecule has 0 aromatic heterocycles. The lowest BCUT2D eigenvalue weighted by molar-refractivity contribution is -0.386. The van der Waals surface area contributed by atoms with Crippen LogP contribution in [0.4, 0.5) is 0 Å². The molecule has 0 bridgehead atoms. The standard InChI is InChI=1S/C33H57NO21/c1-12-19(39)23(43)25(45)32(50-12)55-29-24(44)21(41)15(10-35)52-33(29)53-27-18(34-14(3)37)30(51-16(11-36)22(27)42)54-28-20(40)13(2)49-31(26(28)46)48-9-7-5-6-8-17(38)47-4/h12-13,15-16,18-33,35-36,39-46H,5-11H2,1-4H3,(H,34,37)/t12-,13-,15+,16+,18+,19-,20-,21+,22+,23+,24-,25+,26+,27+,28+,29+,30+,31+,32-,33+/m0/s1. The summed E-state index contributed by atoms with van der Waals surface area (Å²) in [5, 5.41) is 109. The van der Waals surface area contributed by atoms with Gasteiger partial charge < -0.3 is 99.0 Å². The Morgan fingerprint density at radius 3 is 1.80 bits per heavy atom. The van der Waals surface area contributed by atoms with E-state index in [0.29, 0.717) is 19.3 Å². The number of amides is 1. The molecule has 4 fully saturated rings. The van der Waals surface area contributed by atoms with E-state index in [1.807, 2.05) is 0 Å². The first-order valence-electron chi connectivity index (χ1n) is 18.2. The Bertz CT molecular complexity index is 1200. The van der Waals surface area contributed by atoms with Crippen LogP contribution in [0.15, 0.2) is 0 Å². The fourth-order valence-electron chi connectivity index (χ4n) is 6.78. The highest BCUT2D eigenvalue weighted by molar-refractivity contribution is 5.73. The molecule has 0 saturated carbocycles. The second-order valence-electron chi connectivity index (χ2n) is 14.1. The Hall–Kier alpha value is -1.78. The van der Waals surface area contributed by atoms with Crippen LogP contribution in [-0.4, -0.2) is 213 Å². The average Bonchev–Trinajstić information content (AvgIpc) is 3.15. The number of ether oxygens (including phenoxy) is 9. The van der Waals surface area contributed by atoms with Crippen LogP contribution in [0.5, 0.6) is 0 Å². The number of unbranched alkanes of at least 4 members (excludes halogenated alkanes) is 2. The normalized spacial score (nSPS) is 45.2. The molecule has 4 aliphatic rings. The Morgan fingerprint density at radius 2 is 1.16 bits per heavy atom. The van der Waals surface area contributed by atoms with Gasteiger partial charge in [-0.2, -0.15) is 0 Å². The molecule has 1 amide bonds. The van der Waals surface area contributed by atoms with E-state index in [2.05, 4.69) is 10.1 Å². The molecule has 22 heteroatoms. The zero-order chi connectivity index (χ0) is 40.7. The average molecular weight is 804 g/mol. The van der Waals surface area contributed by atoms with Crippen molar-refractivity contribution in [2.45, 2.75) is 169 Å². The third-order valence-electron chi connectivity index (χ3n) is 10.0. The van der Waals surface area contributed by atoms with Crippen LogP contribution in [0, 0.1) is 0 Å². The van der Waals surface area contributed by atoms with E-state index in [-0.39, 0.29) is 19.0 Å². The van der Waals surface area contributed by atoms with Crippen LogP contribution < -0.4 is 5.32 Å². The Kier molecular flexibility index (Phi) is 17.3. The molecule has 0 spiro atoms. The molecule has 0 aromatic rings. The maximum Gasteiger partial charge on any atom is 0.305 e. The largest absolute Gasteiger partial charge is 0.469 e. The highest BCUT2D eigenvalue weighted by Gasteiger charge is 2.56. The maximum atomic E-state index is 12.5. The van der Waals surface area contributed by atoms with Crippen molar-refractivity contribution < 1.29 is 103 Å². The summed E-state index contributed by atoms with van der Waals surface area (Å²) in [5.41, 5.74) is 0. The summed E-state index contributed by atoms with van der Waals surface area (Å²) in [6.45, 7) is 2.38. The van der Waals surface area contributed by atoms with Gasteiger partial charge in [-0.25, -0.2) is 0 Å². The minimum Gasteiger partial charge on any atom is -0.469 e. The van der Waals surface area contributed by atoms with Crippen molar-refractivity contribution in [2.24, 2.45) is 0 Å². The molecule has 22 nitrogen and oxygen atoms in total. The Balaban J connectivity index is 1.56. The number of carbonyl (C=O) groups excluding carboxylic acids is 2. The van der Waals surface area contributed by atoms with Gasteiger partial charge in [0, 0.05) is 20.0 Å². The fraction of sp³-hybridized carbons (Fsp3) is 0.939. The minimum atomic E-state index is -1.93. The number of rotatable bonds is 16. The van der Waals surface area contributed by atoms with E-state index in [0.717, 1.165) is 6.92 Å². The van der Waals surface area contributed by atoms with Gasteiger partial charge in [0.15, 0.2) is 25.2 Å². The summed E-state index contributed by atoms with van der Waals surface area (Å²) in [4.78, 5) is 23.9. The number of aliphatic hydroxyl groups is 10. The van der Waals surface area contributed by atoms with Crippen LogP contribution in [0.2, 0.25) is 0 Å². The molecular weight excluding hydrogens is 746 g/mol. The summed E-state index contributed by atoms with van der Waals surface area (Å²) in [6.07, 6.45) is -28.6. The lowest BCUT2D eigenvalue weighted by atomic mass is 9.94. The lowest BCUT2D eigenvalue weighted by Crippen LogP contribution is -2.70. The van der Waals surface area contributed by atoms with Crippen LogP contribution in [-0.2, 0) is 52.2 Å². The highest BCUT2D eigenvalue weighted by atomic mass is 16.8. The van der Waals surface area contributed by atoms with E-state index < -0.39 is 142 Å². The van der Waals surface area contributed by atoms with Crippen LogP contribution in [0.3, 0.4) is 0 Å². The van der Waals surface area contributed by atoms with E-state index in [1.165, 1.54) is 21.0 Å². The van der Waals surface area contributed by atoms with Crippen molar-refractivity contribution in [1.29, 1.82) is 0 Å². The molecule has 4 heterocycles. The molecule has 4 rings (SSSR count). The van der Waals surface area contributed by atoms with Crippen molar-refractivity contribution in [3.63, 3.8) is 0 Å². The molecule has 0 aliphatic carbocycles. The molecule has 0 unspecified atom stereocenters. The predicted molar refractivity (Wildman–Crippen MR) is 177 cm³/mol. The molecular formula is C33H57NO21. The monoisotopic (exact) mass is 803 g/mol. The number of hydrogen-bond donors (Lipinski definition) is 11. The second-order valence-corrected chi connectivity index (χ2v) is 14.1. The summed E-state index contributed by atoms with van der Waals surface area (Å²) in [7, 11) is 1.29. The van der Waals surface area contributed by atoms with Crippen molar-refractivity contribution >= 4 is 11.9 Å². The summed E-state index contributed by atoms with van der Waals surface area (Å²) >= 11 is 0. The Morgan fingerprint density at radius 1 is 0.582 bits per heavy atom. The molecule has 0 aromatic carbocycles. The van der Waals surface area contributed by atoms with Crippen LogP contribution in [0.1, 0.15) is 46.5 Å². The molecule has 0 radical (unpaired) electrons. The first kappa shape index (κ1) is 45.9. The Labute approximate surface area is 316 Å². The first-order valence-corrected chi connectivity index (χ1v) is 18.2. The quantitative estimate of drug-likeness (QED) is 0.0511. The maximum absolute atomic E-state index is 12.5. The van der Waals surface area contributed by atoms with Gasteiger partial charge in [0.1, 0.15) is 85.4 Å². The van der Waals surface area contributed by atoms with Crippen LogP contribution >= 0.6 is 0 Å². The molecule has 4 aliphatic heterocycles. The molecule has 20 atom stereocenters. The summed E-state index contributed by atoms with van der Waals surface area (Å²) in [5.74, 6) is -1.06. The zero-order valence-corrected chi connectivity index (χ0v) is 31.0. The highest BCUT2D eigenvalue weighted by Crippen LogP contribution is 2.35. The van der Waals surface area contributed by atoms with Crippen LogP contribution in [0.25, 0.3) is 0 Å². The lowest BCUT2D eigenvalue weighted by Gasteiger charge is -2.50. The first-order chi connectivity index (χ1) is 26.0. The van der Waals surface area contributed by atoms with Gasteiger partial charge in [0.25, 0.3) is 0 Å². The van der Waals surface area contributed by atoms with Crippen molar-refractivity contribution in [1.82, 2.24) is 5.32 Å². The number of esters is 1. The van der Waals surface area contributed by atoms with Gasteiger partial charge in [0.05, 0.1) is 32.5 Å². The van der Waals surface area contributed by atoms with Gasteiger partial charge >= 0.3 is 5.97 Å². The smallest absolute Gasteiger partial charge is 0.305 e. The second kappa shape index (κ2) is 20.8. The molecule has 4 saturated heterocycles. The fourth-order valence-corrected chi connectivity index (χ4v) is 6.78. The van der Waals surface area contributed by atoms with E-state index >= 15 is 0 Å². The number of carbonyl (C=O) groups is 2. The van der Waals surface area contributed by atoms with Crippen molar-refractivity contribution in [3.8, 4) is 0 Å². The van der Waals surface area contributed by atoms with Gasteiger partial charge in [-0.3, -0.25) is 9.59 Å². The summed E-state index contributed by atoms with van der Waals surface area (Å²) < 4.78 is 51.0. The van der Waals surface area contributed by atoms with Crippen molar-refractivity contribution in [2.75, 3.05) is 26.9 Å². The molecule has 55 heavy (non-hydrogen) atoms. The van der Waals surface area contributed by atoms with E-state index in [4.69, 9.17) is 37.9 Å². The van der Waals surface area contributed by atoms with Gasteiger partial charge in [0.2, 0.25) is 5.91 Å². The molecule has 320 valence electrons. The van der Waals surface area contributed by atoms with E-state index in [9.17, 15) is 60.7 Å².